The Morgan fingerprint density at radius 3 is 2.20 bits per heavy atom. The average Bonchev–Trinajstić information content (AvgIpc) is 1.88. The Kier molecular flexibility index (Phi) is 3.42. The fourth-order valence-electron chi connectivity index (χ4n) is 1.59. The quantitative estimate of drug-likeness (QED) is 0.560. The van der Waals surface area contributed by atoms with Crippen molar-refractivity contribution in [3.05, 3.63) is 0 Å². The molecule has 0 heterocycles. The molecule has 1 aliphatic rings. The van der Waals surface area contributed by atoms with E-state index in [0.29, 0.717) is 6.10 Å². The smallest absolute Gasteiger partial charge is 0.171 e. The summed E-state index contributed by atoms with van der Waals surface area (Å²) in [6, 6.07) is 0. The van der Waals surface area contributed by atoms with Crippen LogP contribution in [-0.4, -0.2) is 15.1 Å². The lowest BCUT2D eigenvalue weighted by molar-refractivity contribution is 0.156. The van der Waals surface area contributed by atoms with Gasteiger partial charge in [-0.2, -0.15) is 0 Å². The SMILES string of the molecule is C[SiH](C)OC1CCCCC1. The standard InChI is InChI=1S/C8H18OSi/c1-10(2)9-8-6-4-3-5-7-8/h8,10H,3-7H2,1-2H3. The molecule has 0 aromatic heterocycles. The maximum atomic E-state index is 5.83. The lowest BCUT2D eigenvalue weighted by Crippen LogP contribution is -2.22. The molecule has 1 rings (SSSR count). The molecule has 2 heteroatoms. The summed E-state index contributed by atoms with van der Waals surface area (Å²) in [6.07, 6.45) is 7.51. The molecule has 10 heavy (non-hydrogen) atoms. The van der Waals surface area contributed by atoms with Gasteiger partial charge in [0.05, 0.1) is 0 Å². The summed E-state index contributed by atoms with van der Waals surface area (Å²) in [7, 11) is -0.744. The molecule has 1 nitrogen and oxygen atoms in total. The lowest BCUT2D eigenvalue weighted by atomic mass is 9.98. The third kappa shape index (κ3) is 2.84. The van der Waals surface area contributed by atoms with Crippen LogP contribution in [-0.2, 0) is 4.43 Å². The molecule has 0 atom stereocenters. The van der Waals surface area contributed by atoms with E-state index in [2.05, 4.69) is 13.1 Å². The van der Waals surface area contributed by atoms with Gasteiger partial charge in [-0.15, -0.1) is 0 Å². The van der Waals surface area contributed by atoms with Crippen molar-refractivity contribution in [1.29, 1.82) is 0 Å². The van der Waals surface area contributed by atoms with Gasteiger partial charge in [0.25, 0.3) is 0 Å². The number of hydrogen-bond acceptors (Lipinski definition) is 1. The Balaban J connectivity index is 2.13. The van der Waals surface area contributed by atoms with Gasteiger partial charge in [-0.1, -0.05) is 19.3 Å². The van der Waals surface area contributed by atoms with Crippen molar-refractivity contribution >= 4 is 9.04 Å². The monoisotopic (exact) mass is 158 g/mol. The van der Waals surface area contributed by atoms with Gasteiger partial charge in [0.1, 0.15) is 0 Å². The zero-order valence-electron chi connectivity index (χ0n) is 7.10. The highest BCUT2D eigenvalue weighted by molar-refractivity contribution is 6.48. The summed E-state index contributed by atoms with van der Waals surface area (Å²) in [4.78, 5) is 0. The van der Waals surface area contributed by atoms with Gasteiger partial charge in [-0.3, -0.25) is 0 Å². The van der Waals surface area contributed by atoms with Gasteiger partial charge >= 0.3 is 0 Å². The van der Waals surface area contributed by atoms with E-state index in [9.17, 15) is 0 Å². The third-order valence-corrected chi connectivity index (χ3v) is 2.95. The van der Waals surface area contributed by atoms with Crippen LogP contribution in [0.25, 0.3) is 0 Å². The van der Waals surface area contributed by atoms with Crippen LogP contribution in [0.4, 0.5) is 0 Å². The van der Waals surface area contributed by atoms with Crippen LogP contribution >= 0.6 is 0 Å². The number of rotatable bonds is 2. The molecule has 0 radical (unpaired) electrons. The second-order valence-electron chi connectivity index (χ2n) is 3.44. The molecule has 0 bridgehead atoms. The van der Waals surface area contributed by atoms with Gasteiger partial charge in [0, 0.05) is 6.10 Å². The molecule has 0 amide bonds. The highest BCUT2D eigenvalue weighted by Gasteiger charge is 2.14. The van der Waals surface area contributed by atoms with E-state index in [1.54, 1.807) is 0 Å². The molecular formula is C8H18OSi. The maximum absolute atomic E-state index is 5.83. The first-order valence-electron chi connectivity index (χ1n) is 4.44. The Morgan fingerprint density at radius 2 is 1.70 bits per heavy atom. The fraction of sp³-hybridized carbons (Fsp3) is 1.00. The summed E-state index contributed by atoms with van der Waals surface area (Å²) < 4.78 is 5.83. The topological polar surface area (TPSA) is 9.23 Å². The molecular weight excluding hydrogens is 140 g/mol. The Morgan fingerprint density at radius 1 is 1.10 bits per heavy atom. The zero-order valence-corrected chi connectivity index (χ0v) is 8.25. The Labute approximate surface area is 65.5 Å². The minimum Gasteiger partial charge on any atom is -0.418 e. The Hall–Kier alpha value is 0.177. The van der Waals surface area contributed by atoms with Gasteiger partial charge < -0.3 is 4.43 Å². The molecule has 0 unspecified atom stereocenters. The largest absolute Gasteiger partial charge is 0.418 e. The normalized spacial score (nSPS) is 21.9. The van der Waals surface area contributed by atoms with E-state index < -0.39 is 9.04 Å². The molecule has 0 spiro atoms. The van der Waals surface area contributed by atoms with Crippen molar-refractivity contribution in [2.24, 2.45) is 0 Å². The zero-order chi connectivity index (χ0) is 7.40. The molecule has 0 N–H and O–H groups in total. The molecule has 0 aromatic rings. The predicted octanol–water partition coefficient (Wildman–Crippen LogP) is 2.32. The minimum absolute atomic E-state index is 0.639. The van der Waals surface area contributed by atoms with Crippen molar-refractivity contribution in [1.82, 2.24) is 0 Å². The third-order valence-electron chi connectivity index (χ3n) is 2.02. The Bertz CT molecular complexity index is 87.3. The van der Waals surface area contributed by atoms with Crippen LogP contribution in [0.5, 0.6) is 0 Å². The molecule has 1 aliphatic carbocycles. The van der Waals surface area contributed by atoms with E-state index in [1.807, 2.05) is 0 Å². The van der Waals surface area contributed by atoms with Crippen LogP contribution in [0.1, 0.15) is 32.1 Å². The molecule has 60 valence electrons. The van der Waals surface area contributed by atoms with Crippen LogP contribution in [0.15, 0.2) is 0 Å². The molecule has 1 saturated carbocycles. The van der Waals surface area contributed by atoms with Crippen LogP contribution in [0, 0.1) is 0 Å². The van der Waals surface area contributed by atoms with Gasteiger partial charge in [-0.05, 0) is 25.9 Å². The maximum Gasteiger partial charge on any atom is 0.171 e. The van der Waals surface area contributed by atoms with E-state index in [1.165, 1.54) is 32.1 Å². The molecule has 0 aromatic carbocycles. The van der Waals surface area contributed by atoms with Gasteiger partial charge in [0.15, 0.2) is 9.04 Å². The van der Waals surface area contributed by atoms with E-state index >= 15 is 0 Å². The molecule has 1 fully saturated rings. The first-order valence-corrected chi connectivity index (χ1v) is 7.22. The molecule has 0 aliphatic heterocycles. The van der Waals surface area contributed by atoms with Crippen molar-refractivity contribution in [2.45, 2.75) is 51.3 Å². The highest BCUT2D eigenvalue weighted by Crippen LogP contribution is 2.20. The summed E-state index contributed by atoms with van der Waals surface area (Å²) in [5.41, 5.74) is 0. The van der Waals surface area contributed by atoms with E-state index in [-0.39, 0.29) is 0 Å². The first-order chi connectivity index (χ1) is 4.79. The predicted molar refractivity (Wildman–Crippen MR) is 46.8 cm³/mol. The summed E-state index contributed by atoms with van der Waals surface area (Å²) in [5, 5.41) is 0. The fourth-order valence-corrected chi connectivity index (χ4v) is 2.63. The van der Waals surface area contributed by atoms with Crippen molar-refractivity contribution in [2.75, 3.05) is 0 Å². The van der Waals surface area contributed by atoms with Gasteiger partial charge in [0.2, 0.25) is 0 Å². The van der Waals surface area contributed by atoms with E-state index in [0.717, 1.165) is 0 Å². The second-order valence-corrected chi connectivity index (χ2v) is 5.81. The van der Waals surface area contributed by atoms with Crippen LogP contribution in [0.3, 0.4) is 0 Å². The highest BCUT2D eigenvalue weighted by atomic mass is 28.3. The average molecular weight is 158 g/mol. The van der Waals surface area contributed by atoms with E-state index in [4.69, 9.17) is 4.43 Å². The lowest BCUT2D eigenvalue weighted by Gasteiger charge is -2.23. The molecule has 0 saturated heterocycles. The van der Waals surface area contributed by atoms with Crippen LogP contribution < -0.4 is 0 Å². The van der Waals surface area contributed by atoms with Crippen molar-refractivity contribution in [3.63, 3.8) is 0 Å². The van der Waals surface area contributed by atoms with Gasteiger partial charge in [-0.25, -0.2) is 0 Å². The summed E-state index contributed by atoms with van der Waals surface area (Å²) >= 11 is 0. The summed E-state index contributed by atoms with van der Waals surface area (Å²) in [5.74, 6) is 0. The first kappa shape index (κ1) is 8.28. The van der Waals surface area contributed by atoms with Crippen molar-refractivity contribution in [3.8, 4) is 0 Å². The summed E-state index contributed by atoms with van der Waals surface area (Å²) in [6.45, 7) is 4.52. The number of hydrogen-bond donors (Lipinski definition) is 0. The minimum atomic E-state index is -0.744. The van der Waals surface area contributed by atoms with Crippen LogP contribution in [0.2, 0.25) is 13.1 Å². The van der Waals surface area contributed by atoms with Crippen molar-refractivity contribution < 1.29 is 4.43 Å². The second kappa shape index (κ2) is 4.14.